The van der Waals surface area contributed by atoms with E-state index in [1.54, 1.807) is 47.4 Å². The van der Waals surface area contributed by atoms with Gasteiger partial charge in [-0.25, -0.2) is 0 Å². The average Bonchev–Trinajstić information content (AvgIpc) is 2.93. The highest BCUT2D eigenvalue weighted by Crippen LogP contribution is 2.28. The number of benzene rings is 2. The topological polar surface area (TPSA) is 113 Å². The molecule has 198 valence electrons. The monoisotopic (exact) mass is 509 g/mol. The van der Waals surface area contributed by atoms with Crippen molar-refractivity contribution in [1.29, 1.82) is 0 Å². The number of hydrogen-bond donors (Lipinski definition) is 2. The molecule has 2 rings (SSSR count). The van der Waals surface area contributed by atoms with Gasteiger partial charge in [0.15, 0.2) is 23.1 Å². The summed E-state index contributed by atoms with van der Waals surface area (Å²) in [7, 11) is 3.04. The maximum absolute atomic E-state index is 13.1. The first-order valence-electron chi connectivity index (χ1n) is 12.1. The minimum atomic E-state index is -1.19. The number of methoxy groups -OCH3 is 2. The van der Waals surface area contributed by atoms with Gasteiger partial charge >= 0.3 is 0 Å². The van der Waals surface area contributed by atoms with Gasteiger partial charge in [-0.1, -0.05) is 30.4 Å². The SMILES string of the molecule is CCN(CC)C(=O)CC(C(=O)/C=C/c1ccc(CO)c(CO)c1)C(=O)/C=C/c1ccc(OC)c(OC)c1. The Hall–Kier alpha value is -3.75. The second kappa shape index (κ2) is 14.7. The molecule has 1 unspecified atom stereocenters. The standard InChI is InChI=1S/C29H35NO7/c1-5-30(6-2)29(35)17-24(25(33)12-8-20-7-11-22(18-31)23(15-20)19-32)26(34)13-9-21-10-14-27(36-3)28(16-21)37-4/h7-16,24,31-32H,5-6,17-19H2,1-4H3/b12-8+,13-9+. The van der Waals surface area contributed by atoms with Crippen molar-refractivity contribution in [1.82, 2.24) is 4.90 Å². The van der Waals surface area contributed by atoms with E-state index in [4.69, 9.17) is 9.47 Å². The number of aliphatic hydroxyl groups excluding tert-OH is 2. The van der Waals surface area contributed by atoms with E-state index >= 15 is 0 Å². The summed E-state index contributed by atoms with van der Waals surface area (Å²) >= 11 is 0. The van der Waals surface area contributed by atoms with Crippen LogP contribution >= 0.6 is 0 Å². The molecule has 0 aliphatic heterocycles. The second-order valence-corrected chi connectivity index (χ2v) is 8.25. The van der Waals surface area contributed by atoms with Gasteiger partial charge in [0.2, 0.25) is 5.91 Å². The lowest BCUT2D eigenvalue weighted by molar-refractivity contribution is -0.137. The molecule has 0 fully saturated rings. The van der Waals surface area contributed by atoms with Crippen LogP contribution in [0.4, 0.5) is 0 Å². The highest BCUT2D eigenvalue weighted by atomic mass is 16.5. The fourth-order valence-electron chi connectivity index (χ4n) is 3.82. The largest absolute Gasteiger partial charge is 0.493 e. The van der Waals surface area contributed by atoms with Crippen molar-refractivity contribution in [2.24, 2.45) is 5.92 Å². The minimum Gasteiger partial charge on any atom is -0.493 e. The Morgan fingerprint density at radius 1 is 0.811 bits per heavy atom. The molecule has 0 spiro atoms. The van der Waals surface area contributed by atoms with Gasteiger partial charge in [0, 0.05) is 19.5 Å². The Bertz CT molecular complexity index is 1070. The molecule has 0 aliphatic rings. The van der Waals surface area contributed by atoms with Gasteiger partial charge in [-0.15, -0.1) is 0 Å². The number of rotatable bonds is 14. The van der Waals surface area contributed by atoms with Gasteiger partial charge in [-0.3, -0.25) is 14.4 Å². The Kier molecular flexibility index (Phi) is 11.7. The van der Waals surface area contributed by atoms with Gasteiger partial charge in [-0.05, 0) is 66.5 Å². The quantitative estimate of drug-likeness (QED) is 0.296. The van der Waals surface area contributed by atoms with Crippen LogP contribution in [0.25, 0.3) is 12.2 Å². The summed E-state index contributed by atoms with van der Waals surface area (Å²) < 4.78 is 10.5. The van der Waals surface area contributed by atoms with E-state index in [0.717, 1.165) is 0 Å². The Labute approximate surface area is 217 Å². The van der Waals surface area contributed by atoms with Crippen LogP contribution in [0.3, 0.4) is 0 Å². The van der Waals surface area contributed by atoms with E-state index in [1.807, 2.05) is 13.8 Å². The highest BCUT2D eigenvalue weighted by Gasteiger charge is 2.27. The van der Waals surface area contributed by atoms with Gasteiger partial charge in [0.25, 0.3) is 0 Å². The van der Waals surface area contributed by atoms with E-state index in [9.17, 15) is 24.6 Å². The van der Waals surface area contributed by atoms with Crippen LogP contribution < -0.4 is 9.47 Å². The number of aliphatic hydroxyl groups is 2. The average molecular weight is 510 g/mol. The fraction of sp³-hybridized carbons (Fsp3) is 0.345. The molecule has 0 radical (unpaired) electrons. The summed E-state index contributed by atoms with van der Waals surface area (Å²) in [6.45, 7) is 4.16. The molecule has 0 saturated carbocycles. The number of carbonyl (C=O) groups excluding carboxylic acids is 3. The Balaban J connectivity index is 2.31. The zero-order valence-corrected chi connectivity index (χ0v) is 21.8. The molecule has 0 bridgehead atoms. The van der Waals surface area contributed by atoms with Crippen LogP contribution in [-0.2, 0) is 27.6 Å². The van der Waals surface area contributed by atoms with E-state index in [-0.39, 0.29) is 25.5 Å². The molecule has 0 aromatic heterocycles. The van der Waals surface area contributed by atoms with Crippen LogP contribution in [0, 0.1) is 5.92 Å². The van der Waals surface area contributed by atoms with Crippen molar-refractivity contribution >= 4 is 29.6 Å². The summed E-state index contributed by atoms with van der Waals surface area (Å²) in [5.74, 6) is -1.41. The third kappa shape index (κ3) is 8.13. The molecule has 1 amide bonds. The number of ketones is 2. The maximum atomic E-state index is 13.1. The molecule has 0 saturated heterocycles. The molecule has 2 aromatic carbocycles. The predicted octanol–water partition coefficient (Wildman–Crippen LogP) is 3.43. The van der Waals surface area contributed by atoms with Gasteiger partial charge in [0.1, 0.15) is 0 Å². The van der Waals surface area contributed by atoms with Crippen molar-refractivity contribution in [3.63, 3.8) is 0 Å². The summed E-state index contributed by atoms with van der Waals surface area (Å²) in [5, 5.41) is 18.9. The Morgan fingerprint density at radius 2 is 1.35 bits per heavy atom. The molecule has 0 heterocycles. The first-order valence-corrected chi connectivity index (χ1v) is 12.1. The van der Waals surface area contributed by atoms with E-state index in [1.165, 1.54) is 32.4 Å². The van der Waals surface area contributed by atoms with Crippen molar-refractivity contribution < 1.29 is 34.1 Å². The van der Waals surface area contributed by atoms with Gasteiger partial charge in [-0.2, -0.15) is 0 Å². The molecular formula is C29H35NO7. The smallest absolute Gasteiger partial charge is 0.223 e. The highest BCUT2D eigenvalue weighted by molar-refractivity contribution is 6.15. The zero-order valence-electron chi connectivity index (χ0n) is 21.8. The first kappa shape index (κ1) is 29.5. The van der Waals surface area contributed by atoms with E-state index in [2.05, 4.69) is 0 Å². The molecular weight excluding hydrogens is 474 g/mol. The van der Waals surface area contributed by atoms with Crippen molar-refractivity contribution in [2.45, 2.75) is 33.5 Å². The molecule has 0 aliphatic carbocycles. The molecule has 8 heteroatoms. The summed E-state index contributed by atoms with van der Waals surface area (Å²) in [6, 6.07) is 10.2. The van der Waals surface area contributed by atoms with Crippen LogP contribution in [0.5, 0.6) is 11.5 Å². The van der Waals surface area contributed by atoms with Crippen molar-refractivity contribution in [2.75, 3.05) is 27.3 Å². The second-order valence-electron chi connectivity index (χ2n) is 8.25. The van der Waals surface area contributed by atoms with Crippen molar-refractivity contribution in [3.05, 3.63) is 70.8 Å². The molecule has 2 N–H and O–H groups in total. The molecule has 37 heavy (non-hydrogen) atoms. The number of carbonyl (C=O) groups is 3. The minimum absolute atomic E-state index is 0.213. The van der Waals surface area contributed by atoms with E-state index in [0.29, 0.717) is 46.8 Å². The lowest BCUT2D eigenvalue weighted by atomic mass is 9.92. The van der Waals surface area contributed by atoms with Crippen LogP contribution in [0.15, 0.2) is 48.6 Å². The summed E-state index contributed by atoms with van der Waals surface area (Å²) in [6.07, 6.45) is 5.43. The van der Waals surface area contributed by atoms with Gasteiger partial charge < -0.3 is 24.6 Å². The fourth-order valence-corrected chi connectivity index (χ4v) is 3.82. The van der Waals surface area contributed by atoms with E-state index < -0.39 is 17.5 Å². The lowest BCUT2D eigenvalue weighted by Crippen LogP contribution is -2.35. The van der Waals surface area contributed by atoms with Gasteiger partial charge in [0.05, 0.1) is 33.4 Å². The molecule has 8 nitrogen and oxygen atoms in total. The Morgan fingerprint density at radius 3 is 1.86 bits per heavy atom. The number of amides is 1. The number of ether oxygens (including phenoxy) is 2. The maximum Gasteiger partial charge on any atom is 0.223 e. The number of nitrogens with zero attached hydrogens (tertiary/aromatic N) is 1. The van der Waals surface area contributed by atoms with Crippen LogP contribution in [0.2, 0.25) is 0 Å². The van der Waals surface area contributed by atoms with Crippen LogP contribution in [-0.4, -0.2) is 59.9 Å². The molecule has 2 aromatic rings. The summed E-state index contributed by atoms with van der Waals surface area (Å²) in [4.78, 5) is 40.6. The van der Waals surface area contributed by atoms with Crippen molar-refractivity contribution in [3.8, 4) is 11.5 Å². The third-order valence-corrected chi connectivity index (χ3v) is 6.04. The van der Waals surface area contributed by atoms with Crippen LogP contribution in [0.1, 0.15) is 42.5 Å². The lowest BCUT2D eigenvalue weighted by Gasteiger charge is -2.20. The molecule has 1 atom stereocenters. The summed E-state index contributed by atoms with van der Waals surface area (Å²) in [5.41, 5.74) is 2.42. The zero-order chi connectivity index (χ0) is 27.4. The number of hydrogen-bond acceptors (Lipinski definition) is 7. The number of allylic oxidation sites excluding steroid dienone is 2. The normalized spacial score (nSPS) is 12.1. The first-order chi connectivity index (χ1) is 17.8. The third-order valence-electron chi connectivity index (χ3n) is 6.04. The predicted molar refractivity (Wildman–Crippen MR) is 142 cm³/mol.